The minimum atomic E-state index is 0.440. The summed E-state index contributed by atoms with van der Waals surface area (Å²) in [5.41, 5.74) is 0. The predicted octanol–water partition coefficient (Wildman–Crippen LogP) is 4.76. The van der Waals surface area contributed by atoms with E-state index in [9.17, 15) is 0 Å². The first-order chi connectivity index (χ1) is 11.3. The van der Waals surface area contributed by atoms with E-state index in [2.05, 4.69) is 10.2 Å². The van der Waals surface area contributed by atoms with Crippen molar-refractivity contribution in [3.8, 4) is 0 Å². The van der Waals surface area contributed by atoms with Crippen LogP contribution < -0.4 is 5.32 Å². The molecule has 0 aromatic heterocycles. The largest absolute Gasteiger partial charge is 0.299 e. The molecule has 0 amide bonds. The average molecular weight is 339 g/mol. The molecule has 5 atom stereocenters. The van der Waals surface area contributed by atoms with Crippen LogP contribution in [0, 0.1) is 17.8 Å². The van der Waals surface area contributed by atoms with Gasteiger partial charge in [0.1, 0.15) is 0 Å². The van der Waals surface area contributed by atoms with Crippen LogP contribution >= 0.6 is 11.6 Å². The second-order valence-electron chi connectivity index (χ2n) is 8.76. The number of nitrogens with one attached hydrogen (secondary N) is 1. The standard InChI is InChI=1S/C20H35ClN2/c21-16-9-10-19-18(13-16)17(15-7-3-1-4-8-15)14-20(22-19)23-11-5-2-6-12-23/h15-20,22H,1-14H2. The number of fused-ring (bicyclic) bond motifs is 1. The van der Waals surface area contributed by atoms with Crippen LogP contribution in [0.4, 0.5) is 0 Å². The van der Waals surface area contributed by atoms with E-state index < -0.39 is 0 Å². The summed E-state index contributed by atoms with van der Waals surface area (Å²) in [6.45, 7) is 2.65. The summed E-state index contributed by atoms with van der Waals surface area (Å²) in [7, 11) is 0. The maximum Gasteiger partial charge on any atom is 0.0602 e. The zero-order valence-electron chi connectivity index (χ0n) is 14.7. The van der Waals surface area contributed by atoms with E-state index in [0.717, 1.165) is 23.8 Å². The highest BCUT2D eigenvalue weighted by atomic mass is 35.5. The van der Waals surface area contributed by atoms with Gasteiger partial charge in [-0.2, -0.15) is 0 Å². The fourth-order valence-corrected chi connectivity index (χ4v) is 6.50. The van der Waals surface area contributed by atoms with Crippen molar-refractivity contribution in [2.45, 2.75) is 94.6 Å². The molecule has 4 rings (SSSR count). The zero-order valence-corrected chi connectivity index (χ0v) is 15.4. The van der Waals surface area contributed by atoms with Crippen molar-refractivity contribution < 1.29 is 0 Å². The van der Waals surface area contributed by atoms with E-state index in [4.69, 9.17) is 11.6 Å². The Morgan fingerprint density at radius 1 is 0.739 bits per heavy atom. The van der Waals surface area contributed by atoms with Crippen LogP contribution in [0.1, 0.15) is 77.0 Å². The number of halogens is 1. The molecule has 3 heteroatoms. The molecule has 0 aromatic carbocycles. The maximum atomic E-state index is 6.59. The van der Waals surface area contributed by atoms with Crippen LogP contribution in [0.15, 0.2) is 0 Å². The van der Waals surface area contributed by atoms with Gasteiger partial charge in [0.25, 0.3) is 0 Å². The monoisotopic (exact) mass is 338 g/mol. The summed E-state index contributed by atoms with van der Waals surface area (Å²) in [4.78, 5) is 2.78. The number of likely N-dealkylation sites (tertiary alicyclic amines) is 1. The molecule has 23 heavy (non-hydrogen) atoms. The van der Waals surface area contributed by atoms with Crippen LogP contribution in [0.2, 0.25) is 0 Å². The Morgan fingerprint density at radius 3 is 2.26 bits per heavy atom. The van der Waals surface area contributed by atoms with Gasteiger partial charge in [0, 0.05) is 11.4 Å². The lowest BCUT2D eigenvalue weighted by Gasteiger charge is -2.52. The quantitative estimate of drug-likeness (QED) is 0.730. The minimum Gasteiger partial charge on any atom is -0.299 e. The van der Waals surface area contributed by atoms with Gasteiger partial charge in [-0.05, 0) is 69.4 Å². The summed E-state index contributed by atoms with van der Waals surface area (Å²) in [6.07, 6.45) is 17.5. The average Bonchev–Trinajstić information content (AvgIpc) is 2.62. The molecular formula is C20H35ClN2. The summed E-state index contributed by atoms with van der Waals surface area (Å²) >= 11 is 6.59. The summed E-state index contributed by atoms with van der Waals surface area (Å²) in [5, 5.41) is 4.52. The second kappa shape index (κ2) is 7.62. The molecule has 2 nitrogen and oxygen atoms in total. The van der Waals surface area contributed by atoms with Gasteiger partial charge in [-0.25, -0.2) is 0 Å². The molecule has 2 saturated heterocycles. The van der Waals surface area contributed by atoms with Gasteiger partial charge < -0.3 is 0 Å². The number of hydrogen-bond acceptors (Lipinski definition) is 2. The van der Waals surface area contributed by atoms with Crippen molar-refractivity contribution in [2.24, 2.45) is 17.8 Å². The Balaban J connectivity index is 1.49. The lowest BCUT2D eigenvalue weighted by molar-refractivity contribution is -0.00422. The van der Waals surface area contributed by atoms with Gasteiger partial charge in [-0.3, -0.25) is 10.2 Å². The van der Waals surface area contributed by atoms with E-state index in [0.29, 0.717) is 11.5 Å². The van der Waals surface area contributed by atoms with Crippen LogP contribution in [-0.2, 0) is 0 Å². The molecule has 4 aliphatic rings. The van der Waals surface area contributed by atoms with Crippen molar-refractivity contribution in [2.75, 3.05) is 13.1 Å². The van der Waals surface area contributed by atoms with Gasteiger partial charge in [-0.15, -0.1) is 11.6 Å². The Kier molecular flexibility index (Phi) is 5.52. The number of nitrogens with zero attached hydrogens (tertiary/aromatic N) is 1. The van der Waals surface area contributed by atoms with Crippen molar-refractivity contribution in [1.82, 2.24) is 10.2 Å². The molecule has 0 radical (unpaired) electrons. The predicted molar refractivity (Wildman–Crippen MR) is 97.8 cm³/mol. The van der Waals surface area contributed by atoms with Crippen LogP contribution in [0.5, 0.6) is 0 Å². The lowest BCUT2D eigenvalue weighted by atomic mass is 9.64. The van der Waals surface area contributed by atoms with Crippen molar-refractivity contribution in [3.63, 3.8) is 0 Å². The smallest absolute Gasteiger partial charge is 0.0602 e. The normalized spacial score (nSPS) is 44.0. The highest BCUT2D eigenvalue weighted by Crippen LogP contribution is 2.46. The van der Waals surface area contributed by atoms with Gasteiger partial charge in [0.05, 0.1) is 6.17 Å². The molecule has 2 aliphatic carbocycles. The maximum absolute atomic E-state index is 6.59. The lowest BCUT2D eigenvalue weighted by Crippen LogP contribution is -2.61. The summed E-state index contributed by atoms with van der Waals surface area (Å²) < 4.78 is 0. The zero-order chi connectivity index (χ0) is 15.6. The molecule has 2 aliphatic heterocycles. The molecule has 5 unspecified atom stereocenters. The number of alkyl halides is 1. The second-order valence-corrected chi connectivity index (χ2v) is 9.37. The molecule has 1 N–H and O–H groups in total. The van der Waals surface area contributed by atoms with E-state index in [1.165, 1.54) is 90.1 Å². The van der Waals surface area contributed by atoms with Crippen LogP contribution in [0.25, 0.3) is 0 Å². The Morgan fingerprint density at radius 2 is 1.48 bits per heavy atom. The molecule has 4 fully saturated rings. The molecule has 0 spiro atoms. The van der Waals surface area contributed by atoms with Gasteiger partial charge in [0.15, 0.2) is 0 Å². The highest BCUT2D eigenvalue weighted by molar-refractivity contribution is 6.20. The topological polar surface area (TPSA) is 15.3 Å². The molecule has 0 aromatic rings. The van der Waals surface area contributed by atoms with E-state index in [-0.39, 0.29) is 0 Å². The van der Waals surface area contributed by atoms with E-state index >= 15 is 0 Å². The van der Waals surface area contributed by atoms with Gasteiger partial charge in [-0.1, -0.05) is 38.5 Å². The number of rotatable bonds is 2. The molecule has 2 heterocycles. The van der Waals surface area contributed by atoms with Gasteiger partial charge >= 0.3 is 0 Å². The minimum absolute atomic E-state index is 0.440. The first-order valence-corrected chi connectivity index (χ1v) is 10.9. The number of hydrogen-bond donors (Lipinski definition) is 1. The fraction of sp³-hybridized carbons (Fsp3) is 1.00. The third-order valence-electron chi connectivity index (χ3n) is 7.37. The van der Waals surface area contributed by atoms with Crippen LogP contribution in [0.3, 0.4) is 0 Å². The van der Waals surface area contributed by atoms with E-state index in [1.807, 2.05) is 0 Å². The summed E-state index contributed by atoms with van der Waals surface area (Å²) in [5.74, 6) is 2.79. The SMILES string of the molecule is ClC1CCC2NC(N3CCCCC3)CC(C3CCCCC3)C2C1. The number of piperidine rings is 2. The summed E-state index contributed by atoms with van der Waals surface area (Å²) in [6, 6.07) is 0.748. The molecule has 132 valence electrons. The molecule has 0 bridgehead atoms. The van der Waals surface area contributed by atoms with Crippen molar-refractivity contribution in [1.29, 1.82) is 0 Å². The Labute approximate surface area is 147 Å². The van der Waals surface area contributed by atoms with Crippen LogP contribution in [-0.4, -0.2) is 35.6 Å². The van der Waals surface area contributed by atoms with Crippen molar-refractivity contribution in [3.05, 3.63) is 0 Å². The van der Waals surface area contributed by atoms with Gasteiger partial charge in [0.2, 0.25) is 0 Å². The third kappa shape index (κ3) is 3.75. The highest BCUT2D eigenvalue weighted by Gasteiger charge is 2.44. The fourth-order valence-electron chi connectivity index (χ4n) is 6.17. The third-order valence-corrected chi connectivity index (χ3v) is 7.77. The Hall–Kier alpha value is 0.210. The van der Waals surface area contributed by atoms with Crippen molar-refractivity contribution >= 4 is 11.6 Å². The van der Waals surface area contributed by atoms with E-state index in [1.54, 1.807) is 0 Å². The first kappa shape index (κ1) is 16.7. The molecular weight excluding hydrogens is 304 g/mol. The Bertz CT molecular complexity index is 376. The first-order valence-electron chi connectivity index (χ1n) is 10.5. The molecule has 2 saturated carbocycles.